The van der Waals surface area contributed by atoms with Crippen molar-refractivity contribution in [3.63, 3.8) is 0 Å². The molecule has 1 aliphatic heterocycles. The number of rotatable bonds is 7. The molecule has 1 saturated heterocycles. The number of halogens is 3. The van der Waals surface area contributed by atoms with Crippen LogP contribution in [-0.2, 0) is 12.1 Å². The number of alkyl halides is 2. The number of benzene rings is 1. The minimum atomic E-state index is -2.80. The van der Waals surface area contributed by atoms with Crippen molar-refractivity contribution in [3.8, 4) is 11.3 Å². The first kappa shape index (κ1) is 27.0. The van der Waals surface area contributed by atoms with Crippen LogP contribution in [0.3, 0.4) is 0 Å². The second-order valence-electron chi connectivity index (χ2n) is 10.4. The van der Waals surface area contributed by atoms with Gasteiger partial charge < -0.3 is 15.1 Å². The third-order valence-electron chi connectivity index (χ3n) is 7.32. The van der Waals surface area contributed by atoms with Crippen molar-refractivity contribution >= 4 is 16.9 Å². The number of aliphatic hydroxyl groups is 2. The highest BCUT2D eigenvalue weighted by molar-refractivity contribution is 5.83. The monoisotopic (exact) mass is 541 g/mol. The molecule has 0 radical (unpaired) electrons. The van der Waals surface area contributed by atoms with Crippen LogP contribution >= 0.6 is 0 Å². The third kappa shape index (κ3) is 5.32. The van der Waals surface area contributed by atoms with Crippen LogP contribution in [0.2, 0.25) is 0 Å². The summed E-state index contributed by atoms with van der Waals surface area (Å²) in [6.07, 6.45) is 3.98. The summed E-state index contributed by atoms with van der Waals surface area (Å²) in [5.74, 6) is 0.229. The van der Waals surface area contributed by atoms with Gasteiger partial charge in [-0.1, -0.05) is 18.2 Å². The van der Waals surface area contributed by atoms with Crippen molar-refractivity contribution in [3.05, 3.63) is 66.0 Å². The number of anilines is 1. The smallest absolute Gasteiger partial charge is 0.333 e. The Kier molecular flexibility index (Phi) is 7.04. The van der Waals surface area contributed by atoms with E-state index in [1.807, 2.05) is 11.0 Å². The molecule has 2 N–H and O–H groups in total. The third-order valence-corrected chi connectivity index (χ3v) is 7.32. The van der Waals surface area contributed by atoms with Crippen LogP contribution in [0.15, 0.2) is 48.9 Å². The van der Waals surface area contributed by atoms with Gasteiger partial charge in [0.1, 0.15) is 22.6 Å². The molecule has 9 nitrogen and oxygen atoms in total. The van der Waals surface area contributed by atoms with E-state index in [0.29, 0.717) is 71.1 Å². The van der Waals surface area contributed by atoms with Gasteiger partial charge in [-0.05, 0) is 32.9 Å². The fraction of sp³-hybridized carbons (Fsp3) is 0.407. The van der Waals surface area contributed by atoms with Gasteiger partial charge in [0, 0.05) is 50.0 Å². The van der Waals surface area contributed by atoms with Gasteiger partial charge in [0.05, 0.1) is 29.2 Å². The highest BCUT2D eigenvalue weighted by Crippen LogP contribution is 2.35. The lowest BCUT2D eigenvalue weighted by Crippen LogP contribution is -2.46. The van der Waals surface area contributed by atoms with Crippen molar-refractivity contribution < 1.29 is 23.4 Å². The first-order valence-corrected chi connectivity index (χ1v) is 12.6. The Morgan fingerprint density at radius 3 is 2.33 bits per heavy atom. The topological polar surface area (TPSA) is 103 Å². The summed E-state index contributed by atoms with van der Waals surface area (Å²) in [5, 5.41) is 25.2. The van der Waals surface area contributed by atoms with E-state index in [4.69, 9.17) is 9.97 Å². The van der Waals surface area contributed by atoms with Gasteiger partial charge in [-0.3, -0.25) is 9.88 Å². The van der Waals surface area contributed by atoms with Gasteiger partial charge in [0.15, 0.2) is 5.82 Å². The number of nitrogens with zero attached hydrogens (tertiary/aromatic N) is 7. The van der Waals surface area contributed by atoms with E-state index in [9.17, 15) is 23.4 Å². The van der Waals surface area contributed by atoms with Gasteiger partial charge >= 0.3 is 6.55 Å². The first-order chi connectivity index (χ1) is 18.4. The Morgan fingerprint density at radius 2 is 1.69 bits per heavy atom. The Balaban J connectivity index is 1.50. The van der Waals surface area contributed by atoms with Gasteiger partial charge in [0.2, 0.25) is 0 Å². The van der Waals surface area contributed by atoms with E-state index in [1.54, 1.807) is 18.2 Å². The lowest BCUT2D eigenvalue weighted by Gasteiger charge is -2.36. The molecular weight excluding hydrogens is 511 g/mol. The van der Waals surface area contributed by atoms with Crippen LogP contribution in [0, 0.1) is 5.82 Å². The molecule has 0 unspecified atom stereocenters. The van der Waals surface area contributed by atoms with E-state index in [0.717, 1.165) is 0 Å². The van der Waals surface area contributed by atoms with E-state index >= 15 is 0 Å². The quantitative estimate of drug-likeness (QED) is 0.365. The molecule has 0 saturated carbocycles. The molecule has 3 aromatic heterocycles. The minimum Gasteiger partial charge on any atom is -0.387 e. The summed E-state index contributed by atoms with van der Waals surface area (Å²) >= 11 is 0. The van der Waals surface area contributed by atoms with Crippen molar-refractivity contribution in [2.45, 2.75) is 45.1 Å². The molecule has 1 atom stereocenters. The van der Waals surface area contributed by atoms with Crippen LogP contribution in [0.5, 0.6) is 0 Å². The van der Waals surface area contributed by atoms with Crippen molar-refractivity contribution in [2.24, 2.45) is 0 Å². The van der Waals surface area contributed by atoms with Gasteiger partial charge in [-0.2, -0.15) is 13.9 Å². The molecule has 39 heavy (non-hydrogen) atoms. The number of aromatic nitrogens is 5. The molecule has 5 rings (SSSR count). The van der Waals surface area contributed by atoms with Crippen LogP contribution in [0.1, 0.15) is 38.6 Å². The average molecular weight is 542 g/mol. The van der Waals surface area contributed by atoms with E-state index in [2.05, 4.69) is 15.0 Å². The Morgan fingerprint density at radius 1 is 0.974 bits per heavy atom. The highest BCUT2D eigenvalue weighted by atomic mass is 19.3. The summed E-state index contributed by atoms with van der Waals surface area (Å²) in [5.41, 5.74) is -0.737. The Bertz CT molecular complexity index is 1480. The fourth-order valence-electron chi connectivity index (χ4n) is 4.50. The van der Waals surface area contributed by atoms with E-state index in [-0.39, 0.29) is 11.5 Å². The largest absolute Gasteiger partial charge is 0.387 e. The molecule has 0 aliphatic carbocycles. The maximum absolute atomic E-state index is 14.2. The molecule has 0 spiro atoms. The van der Waals surface area contributed by atoms with Crippen LogP contribution < -0.4 is 4.90 Å². The minimum absolute atomic E-state index is 0.218. The lowest BCUT2D eigenvalue weighted by molar-refractivity contribution is -0.127. The van der Waals surface area contributed by atoms with Gasteiger partial charge in [-0.15, -0.1) is 0 Å². The summed E-state index contributed by atoms with van der Waals surface area (Å²) in [4.78, 5) is 18.0. The van der Waals surface area contributed by atoms with Crippen LogP contribution in [0.25, 0.3) is 22.3 Å². The molecular formula is C27H30F3N7O2. The zero-order valence-electron chi connectivity index (χ0n) is 21.9. The summed E-state index contributed by atoms with van der Waals surface area (Å²) in [6, 6.07) is 8.26. The predicted molar refractivity (Wildman–Crippen MR) is 140 cm³/mol. The standard InChI is InChI=1S/C27H30F3N7O2/c1-26(2,38)27(3,39)22-12-20-21(14-31-22)33-23(18-13-32-37(16-18)25(29)30)24(34-20)36-10-8-35(9-11-36)15-17-6-4-5-7-19(17)28/h4-7,12-14,16,25,38-39H,8-11,15H2,1-3H3/t27-/m1/s1. The molecule has 1 fully saturated rings. The number of hydrogen-bond donors (Lipinski definition) is 2. The predicted octanol–water partition coefficient (Wildman–Crippen LogP) is 3.72. The second-order valence-corrected chi connectivity index (χ2v) is 10.4. The SMILES string of the molecule is CC(C)(O)[C@](C)(O)c1cc2nc(N3CCN(Cc4ccccc4F)CC3)c(-c3cnn(C(F)F)c3)nc2cn1. The number of piperazine rings is 1. The molecule has 0 bridgehead atoms. The van der Waals surface area contributed by atoms with Gasteiger partial charge in [0.25, 0.3) is 0 Å². The zero-order chi connectivity index (χ0) is 27.9. The molecule has 4 heterocycles. The molecule has 1 aliphatic rings. The highest BCUT2D eigenvalue weighted by Gasteiger charge is 2.40. The Labute approximate surface area is 223 Å². The normalized spacial score (nSPS) is 16.7. The molecule has 1 aromatic carbocycles. The van der Waals surface area contributed by atoms with Crippen molar-refractivity contribution in [1.29, 1.82) is 0 Å². The maximum Gasteiger partial charge on any atom is 0.333 e. The molecule has 206 valence electrons. The van der Waals surface area contributed by atoms with Crippen LogP contribution in [0.4, 0.5) is 19.0 Å². The average Bonchev–Trinajstić information content (AvgIpc) is 3.39. The van der Waals surface area contributed by atoms with Crippen LogP contribution in [-0.4, -0.2) is 71.6 Å². The molecule has 4 aromatic rings. The number of pyridine rings is 1. The Hall–Kier alpha value is -3.61. The number of hydrogen-bond acceptors (Lipinski definition) is 8. The summed E-state index contributed by atoms with van der Waals surface area (Å²) < 4.78 is 41.3. The first-order valence-electron chi connectivity index (χ1n) is 12.6. The van der Waals surface area contributed by atoms with Crippen molar-refractivity contribution in [2.75, 3.05) is 31.1 Å². The zero-order valence-corrected chi connectivity index (χ0v) is 21.9. The maximum atomic E-state index is 14.2. The summed E-state index contributed by atoms with van der Waals surface area (Å²) in [7, 11) is 0. The van der Waals surface area contributed by atoms with Gasteiger partial charge in [-0.25, -0.2) is 19.0 Å². The fourth-order valence-corrected chi connectivity index (χ4v) is 4.50. The molecule has 0 amide bonds. The van der Waals surface area contributed by atoms with E-state index < -0.39 is 17.8 Å². The number of fused-ring (bicyclic) bond motifs is 1. The molecule has 12 heteroatoms. The second kappa shape index (κ2) is 10.2. The lowest BCUT2D eigenvalue weighted by atomic mass is 9.84. The van der Waals surface area contributed by atoms with Crippen molar-refractivity contribution in [1.82, 2.24) is 29.6 Å². The summed E-state index contributed by atoms with van der Waals surface area (Å²) in [6.45, 7) is 4.45. The van der Waals surface area contributed by atoms with E-state index in [1.165, 1.54) is 45.4 Å².